The highest BCUT2D eigenvalue weighted by molar-refractivity contribution is 5.88. The van der Waals surface area contributed by atoms with Crippen molar-refractivity contribution in [3.05, 3.63) is 51.8 Å². The van der Waals surface area contributed by atoms with E-state index in [9.17, 15) is 4.79 Å². The Morgan fingerprint density at radius 2 is 1.74 bits per heavy atom. The fraction of sp³-hybridized carbons (Fsp3) is 0.545. The van der Waals surface area contributed by atoms with Crippen LogP contribution in [0.25, 0.3) is 0 Å². The van der Waals surface area contributed by atoms with E-state index in [1.54, 1.807) is 0 Å². The maximum atomic E-state index is 13.7. The number of likely N-dealkylation sites (N-methyl/N-ethyl adjacent to an activating group) is 1. The van der Waals surface area contributed by atoms with Crippen LogP contribution in [0.1, 0.15) is 46.5 Å². The predicted molar refractivity (Wildman–Crippen MR) is 107 cm³/mol. The number of rotatable bonds is 4. The van der Waals surface area contributed by atoms with Gasteiger partial charge in [0, 0.05) is 45.1 Å². The molecule has 0 bridgehead atoms. The van der Waals surface area contributed by atoms with Crippen LogP contribution < -0.4 is 0 Å². The van der Waals surface area contributed by atoms with Gasteiger partial charge in [-0.3, -0.25) is 9.48 Å². The van der Waals surface area contributed by atoms with Gasteiger partial charge in [-0.15, -0.1) is 0 Å². The monoisotopic (exact) mass is 369 g/mol. The summed E-state index contributed by atoms with van der Waals surface area (Å²) in [4.78, 5) is 15.6. The first-order valence-electron chi connectivity index (χ1n) is 9.66. The average Bonchev–Trinajstić information content (AvgIpc) is 2.87. The summed E-state index contributed by atoms with van der Waals surface area (Å²) in [5.74, 6) is 0.179. The molecule has 146 valence electrons. The lowest BCUT2D eigenvalue weighted by Crippen LogP contribution is -2.48. The van der Waals surface area contributed by atoms with Crippen LogP contribution in [0.15, 0.2) is 18.2 Å². The second kappa shape index (κ2) is 7.47. The minimum atomic E-state index is -0.506. The number of carbonyl (C=O) groups is 1. The van der Waals surface area contributed by atoms with Gasteiger partial charge in [0.2, 0.25) is 5.91 Å². The zero-order valence-electron chi connectivity index (χ0n) is 17.4. The molecule has 1 saturated heterocycles. The molecule has 0 saturated carbocycles. The third-order valence-electron chi connectivity index (χ3n) is 5.93. The van der Waals surface area contributed by atoms with Crippen molar-refractivity contribution in [2.75, 3.05) is 20.3 Å². The van der Waals surface area contributed by atoms with Gasteiger partial charge in [0.25, 0.3) is 0 Å². The highest BCUT2D eigenvalue weighted by atomic mass is 16.5. The maximum Gasteiger partial charge on any atom is 0.233 e. The average molecular weight is 370 g/mol. The van der Waals surface area contributed by atoms with Crippen LogP contribution in [0.2, 0.25) is 0 Å². The van der Waals surface area contributed by atoms with E-state index >= 15 is 0 Å². The molecule has 1 amide bonds. The number of aryl methyl sites for hydroxylation is 4. The Kier molecular flexibility index (Phi) is 5.43. The molecule has 2 aromatic rings. The summed E-state index contributed by atoms with van der Waals surface area (Å²) in [5.41, 5.74) is 6.25. The Bertz CT molecular complexity index is 827. The molecular formula is C22H31N3O2. The zero-order valence-corrected chi connectivity index (χ0v) is 17.4. The molecule has 1 aromatic heterocycles. The molecule has 0 spiro atoms. The van der Waals surface area contributed by atoms with Crippen molar-refractivity contribution in [2.24, 2.45) is 7.05 Å². The number of hydrogen-bond acceptors (Lipinski definition) is 3. The lowest BCUT2D eigenvalue weighted by molar-refractivity contribution is -0.140. The van der Waals surface area contributed by atoms with Crippen molar-refractivity contribution < 1.29 is 9.53 Å². The summed E-state index contributed by atoms with van der Waals surface area (Å²) in [6.07, 6.45) is 1.45. The van der Waals surface area contributed by atoms with Crippen molar-refractivity contribution in [3.63, 3.8) is 0 Å². The molecule has 0 atom stereocenters. The number of nitrogens with zero attached hydrogens (tertiary/aromatic N) is 3. The molecule has 5 heteroatoms. The van der Waals surface area contributed by atoms with Gasteiger partial charge >= 0.3 is 0 Å². The summed E-state index contributed by atoms with van der Waals surface area (Å²) >= 11 is 0. The first-order valence-corrected chi connectivity index (χ1v) is 9.66. The molecule has 1 aliphatic heterocycles. The lowest BCUT2D eigenvalue weighted by Gasteiger charge is -2.39. The van der Waals surface area contributed by atoms with Crippen LogP contribution in [-0.4, -0.2) is 40.8 Å². The highest BCUT2D eigenvalue weighted by Crippen LogP contribution is 2.38. The van der Waals surface area contributed by atoms with Crippen molar-refractivity contribution in [1.29, 1.82) is 0 Å². The summed E-state index contributed by atoms with van der Waals surface area (Å²) in [6.45, 7) is 10.1. The summed E-state index contributed by atoms with van der Waals surface area (Å²) in [5, 5.41) is 4.49. The van der Waals surface area contributed by atoms with Gasteiger partial charge in [0.1, 0.15) is 0 Å². The van der Waals surface area contributed by atoms with Gasteiger partial charge in [-0.25, -0.2) is 0 Å². The van der Waals surface area contributed by atoms with Gasteiger partial charge in [0.15, 0.2) is 0 Å². The topological polar surface area (TPSA) is 47.4 Å². The van der Waals surface area contributed by atoms with Crippen LogP contribution in [0.5, 0.6) is 0 Å². The molecule has 27 heavy (non-hydrogen) atoms. The van der Waals surface area contributed by atoms with E-state index in [4.69, 9.17) is 4.74 Å². The fourth-order valence-electron chi connectivity index (χ4n) is 4.32. The number of ether oxygens (including phenoxy) is 1. The van der Waals surface area contributed by atoms with Crippen LogP contribution in [0.4, 0.5) is 0 Å². The number of hydrogen-bond donors (Lipinski definition) is 0. The molecule has 0 radical (unpaired) electrons. The first-order chi connectivity index (χ1) is 12.7. The number of amides is 1. The van der Waals surface area contributed by atoms with Gasteiger partial charge in [0.05, 0.1) is 11.1 Å². The van der Waals surface area contributed by atoms with E-state index in [0.29, 0.717) is 19.8 Å². The van der Waals surface area contributed by atoms with Gasteiger partial charge in [-0.2, -0.15) is 5.10 Å². The Balaban J connectivity index is 1.96. The fourth-order valence-corrected chi connectivity index (χ4v) is 4.32. The normalized spacial score (nSPS) is 16.4. The molecule has 0 unspecified atom stereocenters. The molecule has 3 rings (SSSR count). The molecule has 2 heterocycles. The van der Waals surface area contributed by atoms with Crippen LogP contribution in [0, 0.1) is 27.7 Å². The maximum absolute atomic E-state index is 13.7. The molecular weight excluding hydrogens is 338 g/mol. The zero-order chi connectivity index (χ0) is 19.8. The van der Waals surface area contributed by atoms with E-state index < -0.39 is 5.41 Å². The van der Waals surface area contributed by atoms with Gasteiger partial charge in [-0.05, 0) is 46.1 Å². The van der Waals surface area contributed by atoms with Gasteiger partial charge in [-0.1, -0.05) is 29.3 Å². The van der Waals surface area contributed by atoms with Crippen molar-refractivity contribution in [2.45, 2.75) is 52.5 Å². The number of aromatic nitrogens is 2. The Labute approximate surface area is 162 Å². The van der Waals surface area contributed by atoms with Crippen LogP contribution in [0.3, 0.4) is 0 Å². The Hall–Kier alpha value is -2.14. The molecule has 0 aliphatic carbocycles. The Morgan fingerprint density at radius 1 is 1.15 bits per heavy atom. The van der Waals surface area contributed by atoms with Crippen molar-refractivity contribution >= 4 is 5.91 Å². The van der Waals surface area contributed by atoms with E-state index in [0.717, 1.165) is 35.4 Å². The standard InChI is InChI=1S/C22H31N3O2/c1-15-11-16(2)13-19(12-15)22(7-9-27-10-8-22)21(26)24(5)14-20-17(3)23-25(6)18(20)4/h11-13H,7-10,14H2,1-6H3. The Morgan fingerprint density at radius 3 is 2.26 bits per heavy atom. The quantitative estimate of drug-likeness (QED) is 0.830. The first kappa shape index (κ1) is 19.6. The largest absolute Gasteiger partial charge is 0.381 e. The van der Waals surface area contributed by atoms with Crippen molar-refractivity contribution in [1.82, 2.24) is 14.7 Å². The minimum Gasteiger partial charge on any atom is -0.381 e. The van der Waals surface area contributed by atoms with Crippen LogP contribution in [-0.2, 0) is 28.5 Å². The second-order valence-corrected chi connectivity index (χ2v) is 8.01. The highest BCUT2D eigenvalue weighted by Gasteiger charge is 2.43. The second-order valence-electron chi connectivity index (χ2n) is 8.01. The smallest absolute Gasteiger partial charge is 0.233 e. The molecule has 1 aliphatic rings. The third kappa shape index (κ3) is 3.65. The van der Waals surface area contributed by atoms with E-state index in [1.807, 2.05) is 30.6 Å². The lowest BCUT2D eigenvalue weighted by atomic mass is 9.72. The summed E-state index contributed by atoms with van der Waals surface area (Å²) in [6, 6.07) is 6.50. The molecule has 1 fully saturated rings. The predicted octanol–water partition coefficient (Wildman–Crippen LogP) is 3.36. The van der Waals surface area contributed by atoms with Crippen molar-refractivity contribution in [3.8, 4) is 0 Å². The van der Waals surface area contributed by atoms with E-state index in [-0.39, 0.29) is 5.91 Å². The van der Waals surface area contributed by atoms with E-state index in [1.165, 1.54) is 11.1 Å². The van der Waals surface area contributed by atoms with E-state index in [2.05, 4.69) is 44.1 Å². The molecule has 1 aromatic carbocycles. The SMILES string of the molecule is Cc1cc(C)cc(C2(C(=O)N(C)Cc3c(C)nn(C)c3C)CCOCC2)c1. The summed E-state index contributed by atoms with van der Waals surface area (Å²) in [7, 11) is 3.86. The van der Waals surface area contributed by atoms with Gasteiger partial charge < -0.3 is 9.64 Å². The number of benzene rings is 1. The molecule has 5 nitrogen and oxygen atoms in total. The summed E-state index contributed by atoms with van der Waals surface area (Å²) < 4.78 is 7.50. The molecule has 0 N–H and O–H groups in total. The third-order valence-corrected chi connectivity index (χ3v) is 5.93. The number of carbonyl (C=O) groups excluding carboxylic acids is 1. The minimum absolute atomic E-state index is 0.179. The van der Waals surface area contributed by atoms with Crippen LogP contribution >= 0.6 is 0 Å².